The van der Waals surface area contributed by atoms with Crippen LogP contribution in [0.5, 0.6) is 17.2 Å². The van der Waals surface area contributed by atoms with E-state index in [9.17, 15) is 13.6 Å². The number of carbonyl (C=O) groups excluding carboxylic acids is 1. The Morgan fingerprint density at radius 3 is 2.60 bits per heavy atom. The van der Waals surface area contributed by atoms with Crippen molar-refractivity contribution in [3.05, 3.63) is 59.7 Å². The Bertz CT molecular complexity index is 828. The molecular weight excluding hydrogens is 332 g/mol. The Morgan fingerprint density at radius 2 is 1.92 bits per heavy atom. The summed E-state index contributed by atoms with van der Waals surface area (Å²) in [7, 11) is 1.38. The first-order valence-electron chi connectivity index (χ1n) is 7.05. The van der Waals surface area contributed by atoms with E-state index in [2.05, 4.69) is 4.74 Å². The Labute approximate surface area is 142 Å². The zero-order valence-corrected chi connectivity index (χ0v) is 13.1. The highest BCUT2D eigenvalue weighted by molar-refractivity contribution is 5.89. The minimum Gasteiger partial charge on any atom is -0.493 e. The van der Waals surface area contributed by atoms with Crippen molar-refractivity contribution in [3.8, 4) is 23.3 Å². The summed E-state index contributed by atoms with van der Waals surface area (Å²) >= 11 is 0. The van der Waals surface area contributed by atoms with Crippen molar-refractivity contribution in [1.29, 1.82) is 5.26 Å². The smallest absolute Gasteiger partial charge is 0.387 e. The molecule has 0 spiro atoms. The molecular formula is C18H13F2NO4. The molecule has 0 saturated carbocycles. The summed E-state index contributed by atoms with van der Waals surface area (Å²) in [5.41, 5.74) is 0.650. The number of nitrogens with zero attached hydrogens (tertiary/aromatic N) is 1. The van der Waals surface area contributed by atoms with Gasteiger partial charge < -0.3 is 14.2 Å². The lowest BCUT2D eigenvalue weighted by atomic mass is 10.2. The van der Waals surface area contributed by atoms with Gasteiger partial charge in [-0.3, -0.25) is 0 Å². The van der Waals surface area contributed by atoms with E-state index >= 15 is 0 Å². The molecule has 0 radical (unpaired) electrons. The number of benzene rings is 2. The van der Waals surface area contributed by atoms with Gasteiger partial charge in [0.05, 0.1) is 18.7 Å². The normalized spacial score (nSPS) is 10.5. The average Bonchev–Trinajstić information content (AvgIpc) is 2.61. The van der Waals surface area contributed by atoms with Gasteiger partial charge >= 0.3 is 12.6 Å². The predicted octanol–water partition coefficient (Wildman–Crippen LogP) is 3.79. The molecule has 0 fully saturated rings. The summed E-state index contributed by atoms with van der Waals surface area (Å²) in [4.78, 5) is 11.9. The summed E-state index contributed by atoms with van der Waals surface area (Å²) in [5, 5.41) is 8.84. The van der Waals surface area contributed by atoms with Gasteiger partial charge in [-0.15, -0.1) is 0 Å². The summed E-state index contributed by atoms with van der Waals surface area (Å²) < 4.78 is 39.3. The van der Waals surface area contributed by atoms with Crippen LogP contribution in [-0.4, -0.2) is 19.7 Å². The van der Waals surface area contributed by atoms with Gasteiger partial charge in [-0.2, -0.15) is 14.0 Å². The van der Waals surface area contributed by atoms with Crippen LogP contribution in [0, 0.1) is 11.3 Å². The lowest BCUT2D eigenvalue weighted by molar-refractivity contribution is -0.129. The number of esters is 1. The second kappa shape index (κ2) is 8.45. The average molecular weight is 345 g/mol. The third-order valence-corrected chi connectivity index (χ3v) is 3.04. The van der Waals surface area contributed by atoms with E-state index in [0.29, 0.717) is 11.1 Å². The zero-order valence-electron chi connectivity index (χ0n) is 13.1. The second-order valence-corrected chi connectivity index (χ2v) is 4.65. The van der Waals surface area contributed by atoms with Crippen LogP contribution in [0.25, 0.3) is 6.08 Å². The maximum absolute atomic E-state index is 12.4. The molecule has 0 aliphatic carbocycles. The van der Waals surface area contributed by atoms with E-state index in [4.69, 9.17) is 14.7 Å². The van der Waals surface area contributed by atoms with Crippen molar-refractivity contribution >= 4 is 12.0 Å². The van der Waals surface area contributed by atoms with Gasteiger partial charge in [0.25, 0.3) is 0 Å². The van der Waals surface area contributed by atoms with Crippen molar-refractivity contribution in [3.63, 3.8) is 0 Å². The lowest BCUT2D eigenvalue weighted by Gasteiger charge is -2.08. The number of nitriles is 1. The van der Waals surface area contributed by atoms with E-state index < -0.39 is 12.6 Å². The quantitative estimate of drug-likeness (QED) is 0.453. The molecule has 0 saturated heterocycles. The first kappa shape index (κ1) is 17.9. The van der Waals surface area contributed by atoms with Gasteiger partial charge in [-0.05, 0) is 24.3 Å². The van der Waals surface area contributed by atoms with E-state index in [1.165, 1.54) is 49.6 Å². The molecule has 0 N–H and O–H groups in total. The summed E-state index contributed by atoms with van der Waals surface area (Å²) in [6, 6.07) is 12.3. The minimum absolute atomic E-state index is 0.0579. The van der Waals surface area contributed by atoms with Crippen molar-refractivity contribution in [1.82, 2.24) is 0 Å². The first-order chi connectivity index (χ1) is 12.0. The third kappa shape index (κ3) is 5.04. The van der Waals surface area contributed by atoms with Gasteiger partial charge in [0.1, 0.15) is 5.75 Å². The number of hydrogen-bond donors (Lipinski definition) is 0. The first-order valence-corrected chi connectivity index (χ1v) is 7.05. The maximum atomic E-state index is 12.4. The lowest BCUT2D eigenvalue weighted by Crippen LogP contribution is -2.06. The molecule has 2 rings (SSSR count). The molecule has 0 aromatic heterocycles. The number of alkyl halides is 2. The van der Waals surface area contributed by atoms with Crippen LogP contribution in [0.1, 0.15) is 11.1 Å². The van der Waals surface area contributed by atoms with Gasteiger partial charge in [0.15, 0.2) is 11.5 Å². The Balaban J connectivity index is 2.13. The summed E-state index contributed by atoms with van der Waals surface area (Å²) in [5.74, 6) is -0.442. The van der Waals surface area contributed by atoms with Crippen molar-refractivity contribution in [2.75, 3.05) is 7.11 Å². The topological polar surface area (TPSA) is 68.5 Å². The maximum Gasteiger partial charge on any atom is 0.387 e. The standard InChI is InChI=1S/C18H13F2NO4/c1-23-16-10-12(11-21)6-8-15(16)24-17(22)9-7-13-4-2-3-5-14(13)25-18(19)20/h2-10,18H,1H3/b9-7+. The van der Waals surface area contributed by atoms with E-state index in [0.717, 1.165) is 6.08 Å². The number of methoxy groups -OCH3 is 1. The van der Waals surface area contributed by atoms with E-state index in [1.54, 1.807) is 6.07 Å². The van der Waals surface area contributed by atoms with E-state index in [-0.39, 0.29) is 17.2 Å². The van der Waals surface area contributed by atoms with Crippen LogP contribution in [0.2, 0.25) is 0 Å². The summed E-state index contributed by atoms with van der Waals surface area (Å²) in [6.07, 6.45) is 2.38. The molecule has 0 unspecified atom stereocenters. The van der Waals surface area contributed by atoms with Crippen LogP contribution in [-0.2, 0) is 4.79 Å². The highest BCUT2D eigenvalue weighted by atomic mass is 19.3. The van der Waals surface area contributed by atoms with Crippen molar-refractivity contribution in [2.45, 2.75) is 6.61 Å². The minimum atomic E-state index is -2.97. The van der Waals surface area contributed by atoms with E-state index in [1.807, 2.05) is 6.07 Å². The fourth-order valence-corrected chi connectivity index (χ4v) is 1.94. The molecule has 0 amide bonds. The Hall–Kier alpha value is -3.40. The number of ether oxygens (including phenoxy) is 3. The number of hydrogen-bond acceptors (Lipinski definition) is 5. The third-order valence-electron chi connectivity index (χ3n) is 3.04. The monoisotopic (exact) mass is 345 g/mol. The van der Waals surface area contributed by atoms with Gasteiger partial charge in [-0.1, -0.05) is 18.2 Å². The zero-order chi connectivity index (χ0) is 18.2. The van der Waals surface area contributed by atoms with Crippen LogP contribution in [0.15, 0.2) is 48.5 Å². The second-order valence-electron chi connectivity index (χ2n) is 4.65. The van der Waals surface area contributed by atoms with Crippen LogP contribution in [0.3, 0.4) is 0 Å². The van der Waals surface area contributed by atoms with Gasteiger partial charge in [-0.25, -0.2) is 4.79 Å². The molecule has 2 aromatic carbocycles. The van der Waals surface area contributed by atoms with Crippen molar-refractivity contribution < 1.29 is 27.8 Å². The fraction of sp³-hybridized carbons (Fsp3) is 0.111. The molecule has 0 heterocycles. The number of carbonyl (C=O) groups is 1. The highest BCUT2D eigenvalue weighted by Crippen LogP contribution is 2.28. The SMILES string of the molecule is COc1cc(C#N)ccc1OC(=O)/C=C/c1ccccc1OC(F)F. The molecule has 0 aliphatic heterocycles. The van der Waals surface area contributed by atoms with Crippen LogP contribution < -0.4 is 14.2 Å². The number of halogens is 2. The van der Waals surface area contributed by atoms with Crippen molar-refractivity contribution in [2.24, 2.45) is 0 Å². The summed E-state index contributed by atoms with van der Waals surface area (Å²) in [6.45, 7) is -2.97. The molecule has 2 aromatic rings. The van der Waals surface area contributed by atoms with Gasteiger partial charge in [0.2, 0.25) is 0 Å². The molecule has 128 valence electrons. The Morgan fingerprint density at radius 1 is 1.16 bits per heavy atom. The molecule has 0 atom stereocenters. The van der Waals surface area contributed by atoms with Crippen LogP contribution in [0.4, 0.5) is 8.78 Å². The fourth-order valence-electron chi connectivity index (χ4n) is 1.94. The largest absolute Gasteiger partial charge is 0.493 e. The predicted molar refractivity (Wildman–Crippen MR) is 85.5 cm³/mol. The molecule has 0 bridgehead atoms. The number of para-hydroxylation sites is 1. The molecule has 0 aliphatic rings. The number of rotatable bonds is 6. The highest BCUT2D eigenvalue weighted by Gasteiger charge is 2.10. The molecule has 7 heteroatoms. The Kier molecular flexibility index (Phi) is 6.07. The van der Waals surface area contributed by atoms with Gasteiger partial charge in [0, 0.05) is 17.7 Å². The van der Waals surface area contributed by atoms with Crippen LogP contribution >= 0.6 is 0 Å². The molecule has 5 nitrogen and oxygen atoms in total. The molecule has 25 heavy (non-hydrogen) atoms.